The van der Waals surface area contributed by atoms with E-state index in [1.807, 2.05) is 56.3 Å². The molecular formula is C28H34N4O3. The fourth-order valence-electron chi connectivity index (χ4n) is 4.83. The molecule has 0 aliphatic heterocycles. The zero-order chi connectivity index (χ0) is 24.5. The zero-order valence-electron chi connectivity index (χ0n) is 20.5. The van der Waals surface area contributed by atoms with E-state index in [1.165, 1.54) is 6.42 Å². The van der Waals surface area contributed by atoms with Gasteiger partial charge in [-0.2, -0.15) is 0 Å². The lowest BCUT2D eigenvalue weighted by Gasteiger charge is -2.30. The van der Waals surface area contributed by atoms with Crippen molar-refractivity contribution in [3.8, 4) is 11.3 Å². The Morgan fingerprint density at radius 1 is 1.11 bits per heavy atom. The van der Waals surface area contributed by atoms with Gasteiger partial charge in [-0.15, -0.1) is 0 Å². The minimum absolute atomic E-state index is 0.0544. The van der Waals surface area contributed by atoms with Crippen LogP contribution in [0.1, 0.15) is 68.8 Å². The number of hydrogen-bond acceptors (Lipinski definition) is 4. The molecule has 2 saturated carbocycles. The van der Waals surface area contributed by atoms with Crippen molar-refractivity contribution in [2.24, 2.45) is 5.92 Å². The van der Waals surface area contributed by atoms with Gasteiger partial charge >= 0.3 is 6.09 Å². The molecule has 2 aromatic carbocycles. The van der Waals surface area contributed by atoms with E-state index in [0.29, 0.717) is 35.4 Å². The van der Waals surface area contributed by atoms with Crippen LogP contribution in [0.4, 0.5) is 16.2 Å². The van der Waals surface area contributed by atoms with Crippen molar-refractivity contribution in [2.75, 3.05) is 17.6 Å². The number of rotatable bonds is 8. The number of ether oxygens (including phenoxy) is 1. The van der Waals surface area contributed by atoms with E-state index in [0.717, 1.165) is 54.3 Å². The van der Waals surface area contributed by atoms with Crippen LogP contribution in [0.3, 0.4) is 0 Å². The van der Waals surface area contributed by atoms with Gasteiger partial charge in [0.25, 0.3) is 5.91 Å². The summed E-state index contributed by atoms with van der Waals surface area (Å²) in [5.74, 6) is 0.436. The van der Waals surface area contributed by atoms with E-state index in [4.69, 9.17) is 10.5 Å². The van der Waals surface area contributed by atoms with Gasteiger partial charge in [-0.25, -0.2) is 4.79 Å². The van der Waals surface area contributed by atoms with Crippen molar-refractivity contribution < 1.29 is 14.3 Å². The first-order valence-electron chi connectivity index (χ1n) is 12.8. The number of carbonyl (C=O) groups is 2. The fraction of sp³-hybridized carbons (Fsp3) is 0.429. The van der Waals surface area contributed by atoms with E-state index < -0.39 is 6.09 Å². The van der Waals surface area contributed by atoms with Crippen LogP contribution in [0.5, 0.6) is 0 Å². The lowest BCUT2D eigenvalue weighted by atomic mass is 9.92. The number of fused-ring (bicyclic) bond motifs is 1. The second-order valence-corrected chi connectivity index (χ2v) is 9.86. The molecule has 0 unspecified atom stereocenters. The van der Waals surface area contributed by atoms with Crippen molar-refractivity contribution in [1.29, 1.82) is 0 Å². The van der Waals surface area contributed by atoms with E-state index in [1.54, 1.807) is 0 Å². The first kappa shape index (κ1) is 23.3. The van der Waals surface area contributed by atoms with E-state index in [2.05, 4.69) is 15.2 Å². The van der Waals surface area contributed by atoms with Gasteiger partial charge in [-0.3, -0.25) is 10.1 Å². The van der Waals surface area contributed by atoms with Crippen molar-refractivity contribution in [3.05, 3.63) is 48.0 Å². The highest BCUT2D eigenvalue weighted by Gasteiger charge is 2.31. The Balaban J connectivity index is 1.44. The maximum atomic E-state index is 12.6. The minimum Gasteiger partial charge on any atom is -0.446 e. The molecule has 1 heterocycles. The molecule has 184 valence electrons. The highest BCUT2D eigenvalue weighted by atomic mass is 16.6. The number of nitrogens with two attached hydrogens (primary N) is 1. The van der Waals surface area contributed by atoms with Crippen LogP contribution >= 0.6 is 0 Å². The maximum Gasteiger partial charge on any atom is 0.411 e. The molecule has 0 spiro atoms. The van der Waals surface area contributed by atoms with Gasteiger partial charge in [0.15, 0.2) is 0 Å². The van der Waals surface area contributed by atoms with Crippen LogP contribution in [-0.4, -0.2) is 29.2 Å². The summed E-state index contributed by atoms with van der Waals surface area (Å²) < 4.78 is 7.78. The summed E-state index contributed by atoms with van der Waals surface area (Å²) >= 11 is 0. The Bertz CT molecular complexity index is 1240. The summed E-state index contributed by atoms with van der Waals surface area (Å²) in [6.07, 6.45) is 6.04. The summed E-state index contributed by atoms with van der Waals surface area (Å²) in [4.78, 5) is 24.8. The summed E-state index contributed by atoms with van der Waals surface area (Å²) in [5.41, 5.74) is 11.7. The Hall–Kier alpha value is -3.48. The van der Waals surface area contributed by atoms with Crippen molar-refractivity contribution in [1.82, 2.24) is 9.88 Å². The van der Waals surface area contributed by atoms with Crippen LogP contribution in [0.25, 0.3) is 22.2 Å². The first-order valence-corrected chi connectivity index (χ1v) is 12.8. The topological polar surface area (TPSA) is 98.4 Å². The quantitative estimate of drug-likeness (QED) is 0.367. The molecule has 35 heavy (non-hydrogen) atoms. The van der Waals surface area contributed by atoms with E-state index in [-0.39, 0.29) is 12.0 Å². The van der Waals surface area contributed by atoms with Crippen LogP contribution in [-0.2, 0) is 4.74 Å². The number of hydrogen-bond donors (Lipinski definition) is 3. The molecule has 2 aliphatic rings. The van der Waals surface area contributed by atoms with Gasteiger partial charge < -0.3 is 20.4 Å². The number of nitrogens with one attached hydrogen (secondary N) is 2. The lowest BCUT2D eigenvalue weighted by molar-refractivity contribution is 0.0953. The number of aromatic nitrogens is 1. The number of anilines is 2. The molecule has 0 saturated heterocycles. The smallest absolute Gasteiger partial charge is 0.411 e. The number of amides is 2. The highest BCUT2D eigenvalue weighted by Crippen LogP contribution is 2.44. The Kier molecular flexibility index (Phi) is 6.41. The van der Waals surface area contributed by atoms with Gasteiger partial charge in [0.1, 0.15) is 6.10 Å². The average molecular weight is 475 g/mol. The fourth-order valence-corrected chi connectivity index (χ4v) is 4.83. The van der Waals surface area contributed by atoms with Crippen LogP contribution in [0, 0.1) is 5.92 Å². The molecule has 2 aliphatic carbocycles. The standard InChI is InChI=1S/C28H34N4O3/c1-3-15-30-27(33)20-11-14-23-24(16-20)32(22-5-4-6-22)26(25(23)29)19-9-12-21(13-10-19)31-28(34)35-17(2)18-7-8-18/h9-14,16-18,22H,3-8,15,29H2,1-2H3,(H,30,33)(H,31,34)/t17-/m1/s1. The lowest BCUT2D eigenvalue weighted by Crippen LogP contribution is -2.24. The second kappa shape index (κ2) is 9.64. The third-order valence-electron chi connectivity index (χ3n) is 7.26. The van der Waals surface area contributed by atoms with Crippen LogP contribution in [0.2, 0.25) is 0 Å². The maximum absolute atomic E-state index is 12.6. The zero-order valence-corrected chi connectivity index (χ0v) is 20.5. The van der Waals surface area contributed by atoms with Crippen molar-refractivity contribution in [2.45, 2.75) is 64.5 Å². The SMILES string of the molecule is CCCNC(=O)c1ccc2c(N)c(-c3ccc(NC(=O)O[C@H](C)C4CC4)cc3)n(C3CCC3)c2c1. The summed E-state index contributed by atoms with van der Waals surface area (Å²) in [5, 5.41) is 6.75. The molecule has 7 heteroatoms. The third kappa shape index (κ3) is 4.72. The molecule has 1 aromatic heterocycles. The van der Waals surface area contributed by atoms with Gasteiger partial charge in [0.05, 0.1) is 16.9 Å². The largest absolute Gasteiger partial charge is 0.446 e. The third-order valence-corrected chi connectivity index (χ3v) is 7.26. The number of carbonyl (C=O) groups excluding carboxylic acids is 2. The minimum atomic E-state index is -0.422. The molecule has 3 aromatic rings. The molecule has 1 atom stereocenters. The van der Waals surface area contributed by atoms with Crippen LogP contribution in [0.15, 0.2) is 42.5 Å². The summed E-state index contributed by atoms with van der Waals surface area (Å²) in [6, 6.07) is 13.8. The van der Waals surface area contributed by atoms with Gasteiger partial charge in [0, 0.05) is 34.8 Å². The molecule has 2 amide bonds. The van der Waals surface area contributed by atoms with Crippen molar-refractivity contribution >= 4 is 34.3 Å². The monoisotopic (exact) mass is 474 g/mol. The molecule has 7 nitrogen and oxygen atoms in total. The van der Waals surface area contributed by atoms with Gasteiger partial charge in [-0.05, 0) is 81.7 Å². The first-order chi connectivity index (χ1) is 17.0. The molecule has 0 radical (unpaired) electrons. The Labute approximate surface area is 206 Å². The second-order valence-electron chi connectivity index (χ2n) is 9.86. The van der Waals surface area contributed by atoms with Gasteiger partial charge in [-0.1, -0.05) is 19.1 Å². The summed E-state index contributed by atoms with van der Waals surface area (Å²) in [7, 11) is 0. The van der Waals surface area contributed by atoms with E-state index in [9.17, 15) is 9.59 Å². The molecule has 0 bridgehead atoms. The molecular weight excluding hydrogens is 440 g/mol. The van der Waals surface area contributed by atoms with E-state index >= 15 is 0 Å². The predicted molar refractivity (Wildman–Crippen MR) is 140 cm³/mol. The predicted octanol–water partition coefficient (Wildman–Crippen LogP) is 6.10. The highest BCUT2D eigenvalue weighted by molar-refractivity contribution is 6.05. The molecule has 4 N–H and O–H groups in total. The molecule has 5 rings (SSSR count). The normalized spacial score (nSPS) is 16.5. The van der Waals surface area contributed by atoms with Gasteiger partial charge in [0.2, 0.25) is 0 Å². The number of benzene rings is 2. The molecule has 2 fully saturated rings. The number of nitrogens with zero attached hydrogens (tertiary/aromatic N) is 1. The average Bonchev–Trinajstić information content (AvgIpc) is 3.63. The van der Waals surface area contributed by atoms with Crippen molar-refractivity contribution in [3.63, 3.8) is 0 Å². The Morgan fingerprint density at radius 2 is 1.86 bits per heavy atom. The van der Waals surface area contributed by atoms with Crippen LogP contribution < -0.4 is 16.4 Å². The number of nitrogen functional groups attached to an aromatic ring is 1. The summed E-state index contributed by atoms with van der Waals surface area (Å²) in [6.45, 7) is 4.64. The Morgan fingerprint density at radius 3 is 2.49 bits per heavy atom.